The summed E-state index contributed by atoms with van der Waals surface area (Å²) >= 11 is 0. The largest absolute Gasteiger partial charge is 0.462 e. The number of hydrogen-bond acceptors (Lipinski definition) is 2. The van der Waals surface area contributed by atoms with Crippen LogP contribution < -0.4 is 0 Å². The zero-order chi connectivity index (χ0) is 23.5. The average Bonchev–Trinajstić information content (AvgIpc) is 2.82. The average molecular weight is 453 g/mol. The summed E-state index contributed by atoms with van der Waals surface area (Å²) in [6.07, 6.45) is 46.1. The van der Waals surface area contributed by atoms with Crippen molar-refractivity contribution >= 4 is 5.97 Å². The fraction of sp³-hybridized carbons (Fsp3) is 0.581. The number of cyclic esters (lactones) is 1. The van der Waals surface area contributed by atoms with E-state index in [0.29, 0.717) is 6.61 Å². The van der Waals surface area contributed by atoms with Gasteiger partial charge in [0, 0.05) is 6.08 Å². The van der Waals surface area contributed by atoms with E-state index in [1.807, 2.05) is 30.4 Å². The molecule has 0 aromatic heterocycles. The molecular formula is C31H48O2. The van der Waals surface area contributed by atoms with Crippen LogP contribution in [-0.2, 0) is 9.53 Å². The second kappa shape index (κ2) is 24.6. The van der Waals surface area contributed by atoms with Crippen molar-refractivity contribution in [2.45, 2.75) is 109 Å². The van der Waals surface area contributed by atoms with Crippen molar-refractivity contribution in [3.8, 4) is 0 Å². The summed E-state index contributed by atoms with van der Waals surface area (Å²) in [7, 11) is 0. The number of rotatable bonds is 0. The van der Waals surface area contributed by atoms with Gasteiger partial charge in [-0.15, -0.1) is 0 Å². The van der Waals surface area contributed by atoms with E-state index in [2.05, 4.69) is 30.4 Å². The second-order valence-corrected chi connectivity index (χ2v) is 8.90. The van der Waals surface area contributed by atoms with Crippen LogP contribution in [0.1, 0.15) is 109 Å². The minimum atomic E-state index is -0.284. The summed E-state index contributed by atoms with van der Waals surface area (Å²) < 4.78 is 5.21. The van der Waals surface area contributed by atoms with Crippen LogP contribution in [0.3, 0.4) is 0 Å². The maximum absolute atomic E-state index is 11.7. The molecule has 0 saturated carbocycles. The van der Waals surface area contributed by atoms with Gasteiger partial charge in [-0.05, 0) is 32.1 Å². The first-order valence-corrected chi connectivity index (χ1v) is 13.5. The van der Waals surface area contributed by atoms with Crippen LogP contribution in [0.15, 0.2) is 72.9 Å². The maximum Gasteiger partial charge on any atom is 0.330 e. The number of hydrogen-bond donors (Lipinski definition) is 0. The molecule has 0 aromatic rings. The Morgan fingerprint density at radius 3 is 1.36 bits per heavy atom. The molecule has 0 unspecified atom stereocenters. The van der Waals surface area contributed by atoms with E-state index in [-0.39, 0.29) is 5.97 Å². The molecule has 33 heavy (non-hydrogen) atoms. The first-order valence-electron chi connectivity index (χ1n) is 13.5. The summed E-state index contributed by atoms with van der Waals surface area (Å²) in [5.74, 6) is -0.284. The lowest BCUT2D eigenvalue weighted by Crippen LogP contribution is -2.01. The van der Waals surface area contributed by atoms with Crippen molar-refractivity contribution in [3.63, 3.8) is 0 Å². The zero-order valence-corrected chi connectivity index (χ0v) is 21.0. The Hall–Kier alpha value is -2.09. The minimum absolute atomic E-state index is 0.284. The van der Waals surface area contributed by atoms with Gasteiger partial charge in [-0.2, -0.15) is 0 Å². The van der Waals surface area contributed by atoms with Gasteiger partial charge in [-0.25, -0.2) is 4.79 Å². The molecule has 0 amide bonds. The number of carbonyl (C=O) groups is 1. The summed E-state index contributed by atoms with van der Waals surface area (Å²) in [5, 5.41) is 0. The van der Waals surface area contributed by atoms with Gasteiger partial charge in [0.05, 0.1) is 6.61 Å². The molecule has 0 spiro atoms. The van der Waals surface area contributed by atoms with E-state index >= 15 is 0 Å². The molecule has 0 saturated heterocycles. The van der Waals surface area contributed by atoms with E-state index in [4.69, 9.17) is 4.74 Å². The monoisotopic (exact) mass is 452 g/mol. The van der Waals surface area contributed by atoms with Crippen LogP contribution >= 0.6 is 0 Å². The first-order chi connectivity index (χ1) is 16.4. The summed E-state index contributed by atoms with van der Waals surface area (Å²) in [5.41, 5.74) is 0. The highest BCUT2D eigenvalue weighted by Crippen LogP contribution is 2.14. The van der Waals surface area contributed by atoms with Gasteiger partial charge < -0.3 is 4.74 Å². The quantitative estimate of drug-likeness (QED) is 0.270. The molecular weight excluding hydrogens is 404 g/mol. The second-order valence-electron chi connectivity index (χ2n) is 8.90. The number of esters is 1. The van der Waals surface area contributed by atoms with Crippen molar-refractivity contribution in [2.75, 3.05) is 6.61 Å². The van der Waals surface area contributed by atoms with E-state index in [0.717, 1.165) is 12.8 Å². The van der Waals surface area contributed by atoms with Crippen LogP contribution in [0.25, 0.3) is 0 Å². The van der Waals surface area contributed by atoms with Gasteiger partial charge >= 0.3 is 5.97 Å². The van der Waals surface area contributed by atoms with E-state index in [9.17, 15) is 4.79 Å². The van der Waals surface area contributed by atoms with Crippen LogP contribution in [0.2, 0.25) is 0 Å². The van der Waals surface area contributed by atoms with Crippen LogP contribution in [0.4, 0.5) is 0 Å². The first kappa shape index (κ1) is 28.9. The summed E-state index contributed by atoms with van der Waals surface area (Å²) in [6, 6.07) is 0. The van der Waals surface area contributed by atoms with E-state index in [1.54, 1.807) is 6.08 Å². The van der Waals surface area contributed by atoms with Crippen molar-refractivity contribution in [3.05, 3.63) is 72.9 Å². The molecule has 0 bridgehead atoms. The third kappa shape index (κ3) is 22.9. The van der Waals surface area contributed by atoms with Crippen LogP contribution in [0, 0.1) is 0 Å². The normalized spacial score (nSPS) is 20.5. The lowest BCUT2D eigenvalue weighted by atomic mass is 10.0. The van der Waals surface area contributed by atoms with Crippen molar-refractivity contribution < 1.29 is 9.53 Å². The van der Waals surface area contributed by atoms with Gasteiger partial charge in [0.25, 0.3) is 0 Å². The molecule has 2 nitrogen and oxygen atoms in total. The SMILES string of the molecule is O=C1C=CC=CC=CC=CC=CCCCCCCCCCCCCCCCCC=CCCO1. The van der Waals surface area contributed by atoms with E-state index in [1.165, 1.54) is 102 Å². The third-order valence-corrected chi connectivity index (χ3v) is 5.83. The highest BCUT2D eigenvalue weighted by atomic mass is 16.5. The lowest BCUT2D eigenvalue weighted by Gasteiger charge is -2.03. The Kier molecular flexibility index (Phi) is 21.5. The molecule has 184 valence electrons. The molecule has 1 rings (SSSR count). The Balaban J connectivity index is 2.29. The minimum Gasteiger partial charge on any atom is -0.462 e. The molecule has 1 aliphatic heterocycles. The van der Waals surface area contributed by atoms with Gasteiger partial charge in [-0.3, -0.25) is 0 Å². The zero-order valence-electron chi connectivity index (χ0n) is 21.0. The fourth-order valence-electron chi connectivity index (χ4n) is 3.85. The van der Waals surface area contributed by atoms with Crippen molar-refractivity contribution in [2.24, 2.45) is 0 Å². The molecule has 1 aliphatic rings. The summed E-state index contributed by atoms with van der Waals surface area (Å²) in [6.45, 7) is 0.446. The number of carbonyl (C=O) groups excluding carboxylic acids is 1. The molecule has 1 heterocycles. The Morgan fingerprint density at radius 1 is 0.424 bits per heavy atom. The Morgan fingerprint density at radius 2 is 0.818 bits per heavy atom. The van der Waals surface area contributed by atoms with Crippen LogP contribution in [-0.4, -0.2) is 12.6 Å². The smallest absolute Gasteiger partial charge is 0.330 e. The van der Waals surface area contributed by atoms with Crippen molar-refractivity contribution in [1.82, 2.24) is 0 Å². The highest BCUT2D eigenvalue weighted by molar-refractivity contribution is 5.82. The number of ether oxygens (including phenoxy) is 1. The van der Waals surface area contributed by atoms with Crippen molar-refractivity contribution in [1.29, 1.82) is 0 Å². The van der Waals surface area contributed by atoms with Gasteiger partial charge in [0.15, 0.2) is 0 Å². The number of allylic oxidation sites excluding steroid dienone is 10. The predicted molar refractivity (Wildman–Crippen MR) is 144 cm³/mol. The molecule has 0 aliphatic carbocycles. The van der Waals surface area contributed by atoms with E-state index < -0.39 is 0 Å². The molecule has 2 heteroatoms. The Bertz CT molecular complexity index is 619. The molecule has 0 aromatic carbocycles. The maximum atomic E-state index is 11.7. The molecule has 0 fully saturated rings. The van der Waals surface area contributed by atoms with Gasteiger partial charge in [0.2, 0.25) is 0 Å². The third-order valence-electron chi connectivity index (χ3n) is 5.83. The standard InChI is InChI=1S/C31H48O2/c32-31-29-27-25-23-21-19-17-15-13-11-9-7-5-3-1-2-4-6-8-10-12-14-16-18-20-22-24-26-28-30-33-31/h11,13,15,17,19,21,23-27,29H,1-10,12,14,16,18,20,22,28,30H2. The van der Waals surface area contributed by atoms with Gasteiger partial charge in [0.1, 0.15) is 0 Å². The molecule has 0 atom stereocenters. The van der Waals surface area contributed by atoms with Gasteiger partial charge in [-0.1, -0.05) is 144 Å². The predicted octanol–water partition coefficient (Wildman–Crippen LogP) is 9.51. The fourth-order valence-corrected chi connectivity index (χ4v) is 3.85. The summed E-state index contributed by atoms with van der Waals surface area (Å²) in [4.78, 5) is 11.7. The molecule has 0 N–H and O–H groups in total. The highest BCUT2D eigenvalue weighted by Gasteiger charge is 1.95. The Labute approximate surface area is 204 Å². The topological polar surface area (TPSA) is 26.3 Å². The van der Waals surface area contributed by atoms with Crippen LogP contribution in [0.5, 0.6) is 0 Å². The molecule has 0 radical (unpaired) electrons. The lowest BCUT2D eigenvalue weighted by molar-refractivity contribution is -0.137.